The van der Waals surface area contributed by atoms with Crippen LogP contribution in [0.3, 0.4) is 0 Å². The Balaban J connectivity index is 2.48. The molecule has 0 amide bonds. The molecule has 0 aliphatic heterocycles. The monoisotopic (exact) mass is 320 g/mol. The summed E-state index contributed by atoms with van der Waals surface area (Å²) in [5.41, 5.74) is 6.27. The number of halogens is 1. The van der Waals surface area contributed by atoms with Gasteiger partial charge in [-0.15, -0.1) is 0 Å². The Morgan fingerprint density at radius 1 is 1.32 bits per heavy atom. The highest BCUT2D eigenvalue weighted by atomic mass is 28.3. The van der Waals surface area contributed by atoms with Crippen molar-refractivity contribution in [2.45, 2.75) is 40.0 Å². The summed E-state index contributed by atoms with van der Waals surface area (Å²) in [5, 5.41) is 0. The molecule has 1 heterocycles. The van der Waals surface area contributed by atoms with Crippen molar-refractivity contribution >= 4 is 14.7 Å². The Bertz CT molecular complexity index is 649. The van der Waals surface area contributed by atoms with Crippen LogP contribution < -0.4 is 5.73 Å². The quantitative estimate of drug-likeness (QED) is 0.685. The van der Waals surface area contributed by atoms with Crippen molar-refractivity contribution < 1.29 is 8.82 Å². The minimum atomic E-state index is -0.901. The standard InChI is InChI=1S/C16H23FN3OSi/c1-16(2,3)14(21-22(4)5)15-19-8-9-20(15)11-6-7-13(18)12(17)10-11/h6-10,14H,18H2,1-5H3. The summed E-state index contributed by atoms with van der Waals surface area (Å²) in [4.78, 5) is 4.47. The fraction of sp³-hybridized carbons (Fsp3) is 0.438. The van der Waals surface area contributed by atoms with Gasteiger partial charge < -0.3 is 14.7 Å². The van der Waals surface area contributed by atoms with Gasteiger partial charge in [-0.1, -0.05) is 20.8 Å². The summed E-state index contributed by atoms with van der Waals surface area (Å²) in [5.74, 6) is 0.351. The van der Waals surface area contributed by atoms with Crippen LogP contribution >= 0.6 is 0 Å². The summed E-state index contributed by atoms with van der Waals surface area (Å²) >= 11 is 0. The zero-order valence-corrected chi connectivity index (χ0v) is 14.7. The number of imidazole rings is 1. The summed E-state index contributed by atoms with van der Waals surface area (Å²) < 4.78 is 21.8. The highest BCUT2D eigenvalue weighted by Gasteiger charge is 2.32. The first-order valence-electron chi connectivity index (χ1n) is 7.25. The SMILES string of the molecule is C[Si](C)OC(c1nccn1-c1ccc(N)c(F)c1)C(C)(C)C. The molecule has 2 N–H and O–H groups in total. The van der Waals surface area contributed by atoms with Gasteiger partial charge in [-0.25, -0.2) is 9.37 Å². The lowest BCUT2D eigenvalue weighted by Gasteiger charge is -2.32. The number of hydrogen-bond donors (Lipinski definition) is 1. The molecule has 1 unspecified atom stereocenters. The smallest absolute Gasteiger partial charge is 0.206 e. The molecule has 1 aromatic heterocycles. The van der Waals surface area contributed by atoms with Gasteiger partial charge in [0.15, 0.2) is 0 Å². The van der Waals surface area contributed by atoms with Crippen LogP contribution in [0.2, 0.25) is 13.1 Å². The molecule has 0 saturated heterocycles. The molecule has 1 aromatic carbocycles. The predicted molar refractivity (Wildman–Crippen MR) is 88.7 cm³/mol. The van der Waals surface area contributed by atoms with E-state index in [-0.39, 0.29) is 17.2 Å². The van der Waals surface area contributed by atoms with Gasteiger partial charge in [0.25, 0.3) is 0 Å². The summed E-state index contributed by atoms with van der Waals surface area (Å²) in [6.45, 7) is 10.5. The molecule has 6 heteroatoms. The molecule has 0 spiro atoms. The van der Waals surface area contributed by atoms with Gasteiger partial charge in [0.2, 0.25) is 9.04 Å². The lowest BCUT2D eigenvalue weighted by atomic mass is 9.88. The molecule has 0 fully saturated rings. The number of hydrogen-bond acceptors (Lipinski definition) is 3. The number of rotatable bonds is 4. The first kappa shape index (κ1) is 16.7. The van der Waals surface area contributed by atoms with Crippen molar-refractivity contribution in [2.24, 2.45) is 5.41 Å². The maximum atomic E-state index is 13.8. The fourth-order valence-corrected chi connectivity index (χ4v) is 3.18. The van der Waals surface area contributed by atoms with Crippen molar-refractivity contribution in [1.29, 1.82) is 0 Å². The van der Waals surface area contributed by atoms with E-state index >= 15 is 0 Å². The molecule has 0 aliphatic rings. The second-order valence-corrected chi connectivity index (χ2v) is 8.69. The fourth-order valence-electron chi connectivity index (χ4n) is 2.25. The van der Waals surface area contributed by atoms with E-state index in [0.29, 0.717) is 5.69 Å². The van der Waals surface area contributed by atoms with Crippen LogP contribution in [0.5, 0.6) is 0 Å². The van der Waals surface area contributed by atoms with Crippen molar-refractivity contribution in [3.63, 3.8) is 0 Å². The third kappa shape index (κ3) is 3.56. The Hall–Kier alpha value is -1.66. The number of anilines is 1. The van der Waals surface area contributed by atoms with Gasteiger partial charge in [0.05, 0.1) is 5.69 Å². The number of nitrogens with two attached hydrogens (primary N) is 1. The highest BCUT2D eigenvalue weighted by molar-refractivity contribution is 6.48. The molecule has 119 valence electrons. The van der Waals surface area contributed by atoms with E-state index in [4.69, 9.17) is 10.2 Å². The minimum absolute atomic E-state index is 0.114. The van der Waals surface area contributed by atoms with Crippen molar-refractivity contribution in [3.8, 4) is 5.69 Å². The lowest BCUT2D eigenvalue weighted by Crippen LogP contribution is -2.28. The van der Waals surface area contributed by atoms with Crippen LogP contribution in [0.1, 0.15) is 32.7 Å². The average Bonchev–Trinajstić information content (AvgIpc) is 2.86. The predicted octanol–water partition coefficient (Wildman–Crippen LogP) is 3.95. The summed E-state index contributed by atoms with van der Waals surface area (Å²) in [6, 6.07) is 4.77. The summed E-state index contributed by atoms with van der Waals surface area (Å²) in [7, 11) is -0.901. The molecule has 22 heavy (non-hydrogen) atoms. The number of nitrogen functional groups attached to an aromatic ring is 1. The van der Waals surface area contributed by atoms with Gasteiger partial charge in [-0.05, 0) is 30.6 Å². The molecular formula is C16H23FN3OSi. The van der Waals surface area contributed by atoms with Crippen LogP contribution in [0.25, 0.3) is 5.69 Å². The third-order valence-corrected chi connectivity index (χ3v) is 4.01. The zero-order chi connectivity index (χ0) is 16.5. The van der Waals surface area contributed by atoms with Gasteiger partial charge in [-0.2, -0.15) is 0 Å². The molecule has 4 nitrogen and oxygen atoms in total. The van der Waals surface area contributed by atoms with Gasteiger partial charge in [-0.3, -0.25) is 0 Å². The average molecular weight is 320 g/mol. The van der Waals surface area contributed by atoms with E-state index in [2.05, 4.69) is 38.8 Å². The van der Waals surface area contributed by atoms with Gasteiger partial charge >= 0.3 is 0 Å². The second-order valence-electron chi connectivity index (χ2n) is 6.63. The normalized spacial score (nSPS) is 13.6. The van der Waals surface area contributed by atoms with Gasteiger partial charge in [0, 0.05) is 24.1 Å². The molecule has 2 rings (SSSR count). The van der Waals surface area contributed by atoms with E-state index in [9.17, 15) is 4.39 Å². The topological polar surface area (TPSA) is 53.1 Å². The molecule has 0 saturated carbocycles. The number of benzene rings is 1. The van der Waals surface area contributed by atoms with E-state index < -0.39 is 14.9 Å². The van der Waals surface area contributed by atoms with Crippen LogP contribution in [0, 0.1) is 11.2 Å². The van der Waals surface area contributed by atoms with E-state index in [1.807, 2.05) is 10.8 Å². The van der Waals surface area contributed by atoms with Crippen molar-refractivity contribution in [1.82, 2.24) is 9.55 Å². The Morgan fingerprint density at radius 2 is 2.00 bits per heavy atom. The van der Waals surface area contributed by atoms with Crippen molar-refractivity contribution in [2.75, 3.05) is 5.73 Å². The van der Waals surface area contributed by atoms with E-state index in [1.165, 1.54) is 6.07 Å². The molecule has 2 aromatic rings. The lowest BCUT2D eigenvalue weighted by molar-refractivity contribution is 0.0773. The van der Waals surface area contributed by atoms with Crippen LogP contribution in [-0.4, -0.2) is 18.6 Å². The molecule has 1 atom stereocenters. The van der Waals surface area contributed by atoms with E-state index in [0.717, 1.165) is 5.82 Å². The van der Waals surface area contributed by atoms with Crippen molar-refractivity contribution in [3.05, 3.63) is 42.2 Å². The van der Waals surface area contributed by atoms with Crippen LogP contribution in [0.4, 0.5) is 10.1 Å². The van der Waals surface area contributed by atoms with Crippen LogP contribution in [-0.2, 0) is 4.43 Å². The molecule has 1 radical (unpaired) electrons. The van der Waals surface area contributed by atoms with Gasteiger partial charge in [0.1, 0.15) is 17.7 Å². The zero-order valence-electron chi connectivity index (χ0n) is 13.7. The summed E-state index contributed by atoms with van der Waals surface area (Å²) in [6.07, 6.45) is 3.37. The number of nitrogens with zero attached hydrogens (tertiary/aromatic N) is 2. The maximum absolute atomic E-state index is 13.8. The second kappa shape index (κ2) is 6.22. The first-order valence-corrected chi connectivity index (χ1v) is 9.66. The largest absolute Gasteiger partial charge is 0.407 e. The Labute approximate surface area is 132 Å². The van der Waals surface area contributed by atoms with E-state index in [1.54, 1.807) is 18.3 Å². The molecule has 0 aliphatic carbocycles. The minimum Gasteiger partial charge on any atom is -0.407 e. The Kier molecular flexibility index (Phi) is 4.72. The first-order chi connectivity index (χ1) is 10.2. The van der Waals surface area contributed by atoms with Crippen LogP contribution in [0.15, 0.2) is 30.6 Å². The maximum Gasteiger partial charge on any atom is 0.206 e. The molecule has 0 bridgehead atoms. The third-order valence-electron chi connectivity index (χ3n) is 3.31. The Morgan fingerprint density at radius 3 is 2.55 bits per heavy atom. The molecular weight excluding hydrogens is 297 g/mol. The highest BCUT2D eigenvalue weighted by Crippen LogP contribution is 2.36. The number of aromatic nitrogens is 2.